The molecule has 0 amide bonds. The van der Waals surface area contributed by atoms with Crippen molar-refractivity contribution in [3.63, 3.8) is 0 Å². The molecule has 11 rings (SSSR count). The van der Waals surface area contributed by atoms with E-state index in [-0.39, 0.29) is 0 Å². The van der Waals surface area contributed by atoms with E-state index in [0.29, 0.717) is 34.9 Å². The molecule has 62 heavy (non-hydrogen) atoms. The molecule has 0 saturated carbocycles. The van der Waals surface area contributed by atoms with Gasteiger partial charge in [0.25, 0.3) is 0 Å². The second kappa shape index (κ2) is 15.9. The van der Waals surface area contributed by atoms with E-state index in [1.807, 2.05) is 91.0 Å². The Balaban J connectivity index is 0.990. The van der Waals surface area contributed by atoms with Crippen LogP contribution in [-0.4, -0.2) is 29.9 Å². The zero-order valence-corrected chi connectivity index (χ0v) is 33.5. The molecule has 0 fully saturated rings. The van der Waals surface area contributed by atoms with Gasteiger partial charge in [-0.15, -0.1) is 0 Å². The van der Waals surface area contributed by atoms with Gasteiger partial charge in [-0.25, -0.2) is 29.9 Å². The molecule has 11 aromatic rings. The summed E-state index contributed by atoms with van der Waals surface area (Å²) in [5.41, 5.74) is 9.98. The second-order valence-corrected chi connectivity index (χ2v) is 15.1. The molecule has 0 unspecified atom stereocenters. The maximum atomic E-state index is 5.11. The third-order valence-corrected chi connectivity index (χ3v) is 11.2. The highest BCUT2D eigenvalue weighted by atomic mass is 15.0. The predicted octanol–water partition coefficient (Wildman–Crippen LogP) is 13.7. The van der Waals surface area contributed by atoms with Gasteiger partial charge in [0, 0.05) is 33.4 Å². The zero-order valence-electron chi connectivity index (χ0n) is 33.5. The Labute approximate surface area is 359 Å². The Kier molecular flexibility index (Phi) is 9.41. The van der Waals surface area contributed by atoms with Gasteiger partial charge in [-0.3, -0.25) is 0 Å². The van der Waals surface area contributed by atoms with Crippen LogP contribution in [0.4, 0.5) is 0 Å². The fourth-order valence-corrected chi connectivity index (χ4v) is 8.06. The van der Waals surface area contributed by atoms with Gasteiger partial charge < -0.3 is 0 Å². The van der Waals surface area contributed by atoms with Crippen molar-refractivity contribution >= 4 is 21.5 Å². The lowest BCUT2D eigenvalue weighted by molar-refractivity contribution is 1.07. The molecule has 6 nitrogen and oxygen atoms in total. The highest BCUT2D eigenvalue weighted by Gasteiger charge is 2.17. The fourth-order valence-electron chi connectivity index (χ4n) is 8.06. The summed E-state index contributed by atoms with van der Waals surface area (Å²) in [6.45, 7) is 0. The second-order valence-electron chi connectivity index (χ2n) is 15.1. The maximum Gasteiger partial charge on any atom is 0.164 e. The van der Waals surface area contributed by atoms with Crippen LogP contribution in [-0.2, 0) is 0 Å². The van der Waals surface area contributed by atoms with Crippen LogP contribution in [0.5, 0.6) is 0 Å². The maximum absolute atomic E-state index is 5.11. The van der Waals surface area contributed by atoms with Gasteiger partial charge in [-0.2, -0.15) is 0 Å². The molecule has 0 N–H and O–H groups in total. The Bertz CT molecular complexity index is 3330. The quantitative estimate of drug-likeness (QED) is 0.152. The van der Waals surface area contributed by atoms with Crippen LogP contribution in [0.3, 0.4) is 0 Å². The van der Waals surface area contributed by atoms with E-state index in [2.05, 4.69) is 127 Å². The first-order valence-corrected chi connectivity index (χ1v) is 20.6. The van der Waals surface area contributed by atoms with Crippen LogP contribution in [0.25, 0.3) is 112 Å². The van der Waals surface area contributed by atoms with Crippen molar-refractivity contribution in [2.75, 3.05) is 0 Å². The smallest absolute Gasteiger partial charge is 0.164 e. The van der Waals surface area contributed by atoms with Crippen molar-refractivity contribution in [1.29, 1.82) is 0 Å². The number of hydrogen-bond donors (Lipinski definition) is 0. The first-order chi connectivity index (χ1) is 30.7. The number of nitrogens with zero attached hydrogens (tertiary/aromatic N) is 6. The van der Waals surface area contributed by atoms with Crippen LogP contribution in [0, 0.1) is 0 Å². The summed E-state index contributed by atoms with van der Waals surface area (Å²) < 4.78 is 0. The Morgan fingerprint density at radius 2 is 0.532 bits per heavy atom. The molecule has 290 valence electrons. The van der Waals surface area contributed by atoms with E-state index in [1.165, 1.54) is 5.39 Å². The molecule has 0 aliphatic rings. The van der Waals surface area contributed by atoms with Crippen molar-refractivity contribution in [2.45, 2.75) is 0 Å². The largest absolute Gasteiger partial charge is 0.208 e. The van der Waals surface area contributed by atoms with Crippen LogP contribution in [0.2, 0.25) is 0 Å². The third-order valence-electron chi connectivity index (χ3n) is 11.2. The van der Waals surface area contributed by atoms with Crippen LogP contribution in [0.15, 0.2) is 218 Å². The van der Waals surface area contributed by atoms with Crippen molar-refractivity contribution in [3.05, 3.63) is 218 Å². The van der Waals surface area contributed by atoms with Gasteiger partial charge in [-0.05, 0) is 55.9 Å². The number of benzene rings is 9. The number of aromatic nitrogens is 6. The van der Waals surface area contributed by atoms with Gasteiger partial charge in [-0.1, -0.05) is 206 Å². The Hall–Kier alpha value is -8.48. The van der Waals surface area contributed by atoms with Gasteiger partial charge in [0.1, 0.15) is 0 Å². The van der Waals surface area contributed by atoms with E-state index in [1.54, 1.807) is 0 Å². The first kappa shape index (κ1) is 36.6. The third kappa shape index (κ3) is 7.16. The van der Waals surface area contributed by atoms with E-state index < -0.39 is 0 Å². The molecule has 0 atom stereocenters. The number of rotatable bonds is 8. The molecule has 0 aliphatic carbocycles. The summed E-state index contributed by atoms with van der Waals surface area (Å²) in [5, 5.41) is 4.62. The minimum atomic E-state index is 0.615. The molecular weight excluding hydrogens is 757 g/mol. The standard InChI is InChI=1S/C56H36N6/c1-4-16-40(17-5-1)51-57-52(41-18-6-2-7-19-41)59-54(58-51)43-32-30-38(31-33-43)48-27-13-23-39-24-14-28-49(50(39)48)45-25-12-26-46(36-45)55-60-53(42-20-8-3-9-21-42)61-56(62-55)47-34-29-37-15-10-11-22-44(37)35-47/h1-36H. The molecule has 0 radical (unpaired) electrons. The van der Waals surface area contributed by atoms with Gasteiger partial charge in [0.15, 0.2) is 34.9 Å². The summed E-state index contributed by atoms with van der Waals surface area (Å²) in [5.74, 6) is 3.77. The van der Waals surface area contributed by atoms with Gasteiger partial charge in [0.2, 0.25) is 0 Å². The SMILES string of the molecule is c1ccc(-c2nc(-c3ccccc3)nc(-c3ccc(-c4cccc5cccc(-c6cccc(-c7nc(-c8ccccc8)nc(-c8ccc9ccccc9c8)n7)c6)c45)cc3)n2)cc1. The lowest BCUT2D eigenvalue weighted by Crippen LogP contribution is -2.00. The molecule has 0 aliphatic heterocycles. The summed E-state index contributed by atoms with van der Waals surface area (Å²) in [4.78, 5) is 30.0. The Morgan fingerprint density at radius 1 is 0.194 bits per heavy atom. The van der Waals surface area contributed by atoms with E-state index in [4.69, 9.17) is 29.9 Å². The fraction of sp³-hybridized carbons (Fsp3) is 0. The highest BCUT2D eigenvalue weighted by molar-refractivity contribution is 6.06. The van der Waals surface area contributed by atoms with Crippen molar-refractivity contribution in [3.8, 4) is 90.6 Å². The minimum absolute atomic E-state index is 0.615. The van der Waals surface area contributed by atoms with Gasteiger partial charge >= 0.3 is 0 Å². The van der Waals surface area contributed by atoms with Crippen molar-refractivity contribution in [2.24, 2.45) is 0 Å². The number of hydrogen-bond acceptors (Lipinski definition) is 6. The summed E-state index contributed by atoms with van der Waals surface area (Å²) in [6.07, 6.45) is 0. The highest BCUT2D eigenvalue weighted by Crippen LogP contribution is 2.39. The van der Waals surface area contributed by atoms with Crippen molar-refractivity contribution < 1.29 is 0 Å². The first-order valence-electron chi connectivity index (χ1n) is 20.6. The van der Waals surface area contributed by atoms with E-state index >= 15 is 0 Å². The van der Waals surface area contributed by atoms with Crippen molar-refractivity contribution in [1.82, 2.24) is 29.9 Å². The van der Waals surface area contributed by atoms with E-state index in [0.717, 1.165) is 71.8 Å². The predicted molar refractivity (Wildman–Crippen MR) is 252 cm³/mol. The molecule has 0 saturated heterocycles. The van der Waals surface area contributed by atoms with Crippen LogP contribution >= 0.6 is 0 Å². The molecule has 9 aromatic carbocycles. The monoisotopic (exact) mass is 792 g/mol. The van der Waals surface area contributed by atoms with Gasteiger partial charge in [0.05, 0.1) is 0 Å². The molecule has 0 bridgehead atoms. The van der Waals surface area contributed by atoms with Crippen LogP contribution in [0.1, 0.15) is 0 Å². The van der Waals surface area contributed by atoms with E-state index in [9.17, 15) is 0 Å². The average Bonchev–Trinajstić information content (AvgIpc) is 3.36. The lowest BCUT2D eigenvalue weighted by atomic mass is 9.90. The molecule has 6 heteroatoms. The normalized spacial score (nSPS) is 11.2. The average molecular weight is 793 g/mol. The Morgan fingerprint density at radius 3 is 1.06 bits per heavy atom. The summed E-state index contributed by atoms with van der Waals surface area (Å²) >= 11 is 0. The topological polar surface area (TPSA) is 77.3 Å². The molecular formula is C56H36N6. The molecule has 2 aromatic heterocycles. The molecule has 2 heterocycles. The number of fused-ring (bicyclic) bond motifs is 2. The zero-order chi connectivity index (χ0) is 41.2. The van der Waals surface area contributed by atoms with Crippen LogP contribution < -0.4 is 0 Å². The molecule has 0 spiro atoms. The lowest BCUT2D eigenvalue weighted by Gasteiger charge is -2.14. The summed E-state index contributed by atoms with van der Waals surface area (Å²) in [6, 6.07) is 75.0. The minimum Gasteiger partial charge on any atom is -0.208 e. The summed E-state index contributed by atoms with van der Waals surface area (Å²) in [7, 11) is 0.